The van der Waals surface area contributed by atoms with Gasteiger partial charge >= 0.3 is 6.18 Å². The number of aromatic nitrogens is 1. The average Bonchev–Trinajstić information content (AvgIpc) is 2.42. The zero-order valence-electron chi connectivity index (χ0n) is 11.8. The lowest BCUT2D eigenvalue weighted by atomic mass is 9.93. The smallest absolute Gasteiger partial charge is 0.393 e. The lowest BCUT2D eigenvalue weighted by Crippen LogP contribution is -2.41. The molecule has 0 radical (unpaired) electrons. The molecule has 8 heteroatoms. The number of carbonyl (C=O) groups excluding carboxylic acids is 1. The quantitative estimate of drug-likeness (QED) is 0.882. The predicted octanol–water partition coefficient (Wildman–Crippen LogP) is 1.29. The normalized spacial score (nSPS) is 22.4. The van der Waals surface area contributed by atoms with Crippen molar-refractivity contribution >= 4 is 5.91 Å². The summed E-state index contributed by atoms with van der Waals surface area (Å²) in [4.78, 5) is 23.6. The fourth-order valence-electron chi connectivity index (χ4n) is 2.53. The molecule has 0 spiro atoms. The standard InChI is InChI=1S/C14H17F3N2O3/c15-14(16,17)11-2-1-7-19(13(11)22)8-12(21)18-9-3-5-10(20)6-4-9/h1-2,7,9-10,20H,3-6,8H2,(H,18,21). The van der Waals surface area contributed by atoms with Crippen molar-refractivity contribution in [3.8, 4) is 0 Å². The zero-order valence-corrected chi connectivity index (χ0v) is 11.8. The largest absolute Gasteiger partial charge is 0.421 e. The van der Waals surface area contributed by atoms with Crippen LogP contribution < -0.4 is 10.9 Å². The molecule has 1 aliphatic carbocycles. The minimum absolute atomic E-state index is 0.114. The van der Waals surface area contributed by atoms with E-state index in [9.17, 15) is 27.9 Å². The molecule has 1 aliphatic rings. The van der Waals surface area contributed by atoms with Gasteiger partial charge in [-0.1, -0.05) is 0 Å². The molecule has 5 nitrogen and oxygen atoms in total. The number of pyridine rings is 1. The number of halogens is 3. The van der Waals surface area contributed by atoms with Gasteiger partial charge in [0.2, 0.25) is 5.91 Å². The molecule has 2 N–H and O–H groups in total. The number of rotatable bonds is 3. The fraction of sp³-hybridized carbons (Fsp3) is 0.571. The molecule has 1 saturated carbocycles. The van der Waals surface area contributed by atoms with Gasteiger partial charge in [-0.05, 0) is 37.8 Å². The second kappa shape index (κ2) is 6.51. The molecule has 0 bridgehead atoms. The Morgan fingerprint density at radius 1 is 1.32 bits per heavy atom. The van der Waals surface area contributed by atoms with Crippen LogP contribution in [0.15, 0.2) is 23.1 Å². The van der Waals surface area contributed by atoms with E-state index in [1.165, 1.54) is 0 Å². The van der Waals surface area contributed by atoms with Gasteiger partial charge in [-0.2, -0.15) is 13.2 Å². The van der Waals surface area contributed by atoms with Crippen LogP contribution in [-0.2, 0) is 17.5 Å². The maximum Gasteiger partial charge on any atom is 0.421 e. The van der Waals surface area contributed by atoms with Crippen LogP contribution in [0.2, 0.25) is 0 Å². The highest BCUT2D eigenvalue weighted by molar-refractivity contribution is 5.76. The van der Waals surface area contributed by atoms with Crippen LogP contribution in [0.5, 0.6) is 0 Å². The third-order valence-corrected chi connectivity index (χ3v) is 3.70. The monoisotopic (exact) mass is 318 g/mol. The number of carbonyl (C=O) groups is 1. The van der Waals surface area contributed by atoms with Gasteiger partial charge in [0, 0.05) is 12.2 Å². The van der Waals surface area contributed by atoms with Crippen molar-refractivity contribution in [1.29, 1.82) is 0 Å². The molecule has 0 aromatic carbocycles. The Kier molecular flexibility index (Phi) is 4.90. The number of nitrogens with zero attached hydrogens (tertiary/aromatic N) is 1. The first-order valence-electron chi connectivity index (χ1n) is 7.01. The van der Waals surface area contributed by atoms with E-state index in [-0.39, 0.29) is 12.1 Å². The van der Waals surface area contributed by atoms with Crippen molar-refractivity contribution in [2.75, 3.05) is 0 Å². The molecular weight excluding hydrogens is 301 g/mol. The van der Waals surface area contributed by atoms with E-state index in [1.54, 1.807) is 0 Å². The fourth-order valence-corrected chi connectivity index (χ4v) is 2.53. The van der Waals surface area contributed by atoms with Crippen LogP contribution in [-0.4, -0.2) is 27.7 Å². The van der Waals surface area contributed by atoms with E-state index in [4.69, 9.17) is 0 Å². The maximum atomic E-state index is 12.6. The molecule has 1 fully saturated rings. The van der Waals surface area contributed by atoms with E-state index < -0.39 is 29.8 Å². The summed E-state index contributed by atoms with van der Waals surface area (Å²) >= 11 is 0. The maximum absolute atomic E-state index is 12.6. The van der Waals surface area contributed by atoms with E-state index in [1.807, 2.05) is 0 Å². The molecule has 1 amide bonds. The topological polar surface area (TPSA) is 71.3 Å². The summed E-state index contributed by atoms with van der Waals surface area (Å²) in [5.41, 5.74) is -2.52. The number of nitrogens with one attached hydrogen (secondary N) is 1. The summed E-state index contributed by atoms with van der Waals surface area (Å²) in [6.45, 7) is -0.457. The van der Waals surface area contributed by atoms with Crippen molar-refractivity contribution in [3.05, 3.63) is 34.2 Å². The second-order valence-corrected chi connectivity index (χ2v) is 5.43. The van der Waals surface area contributed by atoms with Crippen molar-refractivity contribution in [1.82, 2.24) is 9.88 Å². The lowest BCUT2D eigenvalue weighted by molar-refractivity contribution is -0.139. The summed E-state index contributed by atoms with van der Waals surface area (Å²) in [5, 5.41) is 12.1. The Hall–Kier alpha value is -1.83. The number of hydrogen-bond donors (Lipinski definition) is 2. The van der Waals surface area contributed by atoms with Gasteiger partial charge in [-0.3, -0.25) is 9.59 Å². The van der Waals surface area contributed by atoms with Crippen LogP contribution in [0.4, 0.5) is 13.2 Å². The Bertz CT molecular complexity index is 590. The highest BCUT2D eigenvalue weighted by Gasteiger charge is 2.34. The van der Waals surface area contributed by atoms with Gasteiger partial charge in [0.25, 0.3) is 5.56 Å². The van der Waals surface area contributed by atoms with E-state index >= 15 is 0 Å². The van der Waals surface area contributed by atoms with Crippen molar-refractivity contribution in [3.63, 3.8) is 0 Å². The third-order valence-electron chi connectivity index (χ3n) is 3.70. The van der Waals surface area contributed by atoms with Gasteiger partial charge in [0.05, 0.1) is 6.10 Å². The molecule has 22 heavy (non-hydrogen) atoms. The van der Waals surface area contributed by atoms with Gasteiger partial charge in [0.1, 0.15) is 12.1 Å². The molecular formula is C14H17F3N2O3. The van der Waals surface area contributed by atoms with Crippen LogP contribution in [0.25, 0.3) is 0 Å². The van der Waals surface area contributed by atoms with Gasteiger partial charge in [0.15, 0.2) is 0 Å². The van der Waals surface area contributed by atoms with Gasteiger partial charge in [-0.25, -0.2) is 0 Å². The van der Waals surface area contributed by atoms with Crippen molar-refractivity contribution in [2.45, 2.75) is 50.6 Å². The Labute approximate surface area is 124 Å². The van der Waals surface area contributed by atoms with E-state index in [0.717, 1.165) is 16.8 Å². The number of aliphatic hydroxyl groups excluding tert-OH is 1. The molecule has 0 aliphatic heterocycles. The predicted molar refractivity (Wildman–Crippen MR) is 72.1 cm³/mol. The SMILES string of the molecule is O=C(Cn1cccc(C(F)(F)F)c1=O)NC1CCC(O)CC1. The Balaban J connectivity index is 2.02. The van der Waals surface area contributed by atoms with Crippen LogP contribution >= 0.6 is 0 Å². The highest BCUT2D eigenvalue weighted by Crippen LogP contribution is 2.26. The number of hydrogen-bond acceptors (Lipinski definition) is 3. The van der Waals surface area contributed by atoms with E-state index in [0.29, 0.717) is 31.7 Å². The molecule has 0 saturated heterocycles. The molecule has 1 heterocycles. The molecule has 0 atom stereocenters. The highest BCUT2D eigenvalue weighted by atomic mass is 19.4. The molecule has 1 aromatic rings. The minimum Gasteiger partial charge on any atom is -0.393 e. The van der Waals surface area contributed by atoms with Crippen molar-refractivity contribution in [2.24, 2.45) is 0 Å². The first-order valence-corrected chi connectivity index (χ1v) is 7.01. The first kappa shape index (κ1) is 16.5. The molecule has 1 aromatic heterocycles. The Morgan fingerprint density at radius 2 is 1.95 bits per heavy atom. The average molecular weight is 318 g/mol. The second-order valence-electron chi connectivity index (χ2n) is 5.43. The molecule has 2 rings (SSSR count). The lowest BCUT2D eigenvalue weighted by Gasteiger charge is -2.26. The third kappa shape index (κ3) is 4.09. The number of amides is 1. The minimum atomic E-state index is -4.74. The van der Waals surface area contributed by atoms with Gasteiger partial charge < -0.3 is 15.0 Å². The van der Waals surface area contributed by atoms with E-state index in [2.05, 4.69) is 5.32 Å². The van der Waals surface area contributed by atoms with Gasteiger partial charge in [-0.15, -0.1) is 0 Å². The number of alkyl halides is 3. The summed E-state index contributed by atoms with van der Waals surface area (Å²) in [5.74, 6) is -0.511. The van der Waals surface area contributed by atoms with Crippen LogP contribution in [0.1, 0.15) is 31.2 Å². The van der Waals surface area contributed by atoms with Crippen molar-refractivity contribution < 1.29 is 23.1 Å². The van der Waals surface area contributed by atoms with Crippen LogP contribution in [0.3, 0.4) is 0 Å². The molecule has 122 valence electrons. The summed E-state index contributed by atoms with van der Waals surface area (Å²) < 4.78 is 38.7. The Morgan fingerprint density at radius 3 is 2.55 bits per heavy atom. The summed E-state index contributed by atoms with van der Waals surface area (Å²) in [7, 11) is 0. The zero-order chi connectivity index (χ0) is 16.3. The molecule has 0 unspecified atom stereocenters. The summed E-state index contributed by atoms with van der Waals surface area (Å²) in [6.07, 6.45) is -1.56. The first-order chi connectivity index (χ1) is 10.3. The number of aliphatic hydroxyl groups is 1. The summed E-state index contributed by atoms with van der Waals surface area (Å²) in [6, 6.07) is 1.67. The van der Waals surface area contributed by atoms with Crippen LogP contribution in [0, 0.1) is 0 Å².